The van der Waals surface area contributed by atoms with Gasteiger partial charge in [0.2, 0.25) is 0 Å². The van der Waals surface area contributed by atoms with Crippen LogP contribution in [0.15, 0.2) is 30.6 Å². The van der Waals surface area contributed by atoms with Crippen LogP contribution in [0.25, 0.3) is 6.08 Å². The molecule has 166 valence electrons. The van der Waals surface area contributed by atoms with E-state index < -0.39 is 11.7 Å². The Morgan fingerprint density at radius 2 is 2.16 bits per heavy atom. The first-order valence-corrected chi connectivity index (χ1v) is 10.0. The van der Waals surface area contributed by atoms with E-state index in [1.165, 1.54) is 0 Å². The highest BCUT2D eigenvalue weighted by molar-refractivity contribution is 5.85. The van der Waals surface area contributed by atoms with Crippen molar-refractivity contribution in [1.29, 1.82) is 5.26 Å². The molecule has 8 nitrogen and oxygen atoms in total. The van der Waals surface area contributed by atoms with E-state index in [-0.39, 0.29) is 37.5 Å². The van der Waals surface area contributed by atoms with E-state index in [0.29, 0.717) is 12.1 Å². The minimum Gasteiger partial charge on any atom is -0.391 e. The number of aliphatic hydroxyl groups is 1. The second-order valence-electron chi connectivity index (χ2n) is 8.26. The summed E-state index contributed by atoms with van der Waals surface area (Å²) in [4.78, 5) is 4.73. The highest BCUT2D eigenvalue weighted by Crippen LogP contribution is 2.36. The van der Waals surface area contributed by atoms with Gasteiger partial charge in [-0.2, -0.15) is 10.4 Å². The minimum absolute atomic E-state index is 0. The number of nitriles is 1. The van der Waals surface area contributed by atoms with E-state index in [1.54, 1.807) is 17.8 Å². The Labute approximate surface area is 193 Å². The second kappa shape index (κ2) is 9.25. The molecule has 4 aliphatic rings. The molecule has 2 N–H and O–H groups in total. The third kappa shape index (κ3) is 4.35. The number of nitrogens with zero attached hydrogens (tertiary/aromatic N) is 5. The average Bonchev–Trinajstić information content (AvgIpc) is 3.14. The molecule has 2 aromatic heterocycles. The number of hydrogen-bond acceptors (Lipinski definition) is 7. The number of fused-ring (bicyclic) bond motifs is 3. The third-order valence-electron chi connectivity index (χ3n) is 5.97. The van der Waals surface area contributed by atoms with Crippen LogP contribution < -0.4 is 5.43 Å². The van der Waals surface area contributed by atoms with Crippen LogP contribution in [0.2, 0.25) is 0 Å². The second-order valence-corrected chi connectivity index (χ2v) is 8.26. The van der Waals surface area contributed by atoms with Crippen molar-refractivity contribution in [2.75, 3.05) is 19.7 Å². The lowest BCUT2D eigenvalue weighted by atomic mass is 9.88. The number of hydrogen-bond donors (Lipinski definition) is 2. The van der Waals surface area contributed by atoms with Crippen molar-refractivity contribution in [2.24, 2.45) is 5.92 Å². The number of halogens is 2. The van der Waals surface area contributed by atoms with Crippen molar-refractivity contribution >= 4 is 30.9 Å². The van der Waals surface area contributed by atoms with Crippen molar-refractivity contribution in [2.45, 2.75) is 37.6 Å². The zero-order chi connectivity index (χ0) is 20.0. The van der Waals surface area contributed by atoms with E-state index in [1.807, 2.05) is 24.4 Å². The van der Waals surface area contributed by atoms with Crippen LogP contribution in [0.1, 0.15) is 41.9 Å². The topological polar surface area (TPSA) is 99.2 Å². The van der Waals surface area contributed by atoms with Crippen LogP contribution in [-0.4, -0.2) is 50.7 Å². The van der Waals surface area contributed by atoms with Gasteiger partial charge in [-0.1, -0.05) is 6.07 Å². The Balaban J connectivity index is 0.00000136. The molecule has 0 amide bonds. The molecular formula is C21H26Cl2N6O2. The van der Waals surface area contributed by atoms with Gasteiger partial charge in [-0.15, -0.1) is 24.8 Å². The van der Waals surface area contributed by atoms with Crippen LogP contribution in [0.5, 0.6) is 0 Å². The monoisotopic (exact) mass is 464 g/mol. The van der Waals surface area contributed by atoms with Crippen molar-refractivity contribution in [3.8, 4) is 6.07 Å². The van der Waals surface area contributed by atoms with Gasteiger partial charge in [0.1, 0.15) is 11.7 Å². The number of rotatable bonds is 5. The molecule has 0 saturated carbocycles. The van der Waals surface area contributed by atoms with E-state index in [2.05, 4.69) is 27.7 Å². The number of nitrogens with one attached hydrogen (secondary N) is 1. The minimum atomic E-state index is -0.792. The molecule has 31 heavy (non-hydrogen) atoms. The van der Waals surface area contributed by atoms with Crippen molar-refractivity contribution in [3.05, 3.63) is 53.1 Å². The lowest BCUT2D eigenvalue weighted by Gasteiger charge is -2.48. The zero-order valence-corrected chi connectivity index (χ0v) is 18.8. The van der Waals surface area contributed by atoms with E-state index in [0.717, 1.165) is 42.4 Å². The van der Waals surface area contributed by atoms with Crippen LogP contribution in [-0.2, 0) is 16.9 Å². The zero-order valence-electron chi connectivity index (χ0n) is 17.1. The first-order valence-electron chi connectivity index (χ1n) is 10.0. The summed E-state index contributed by atoms with van der Waals surface area (Å²) in [6.45, 7) is 4.57. The molecule has 3 atom stereocenters. The molecule has 2 bridgehead atoms. The Kier molecular flexibility index (Phi) is 7.06. The van der Waals surface area contributed by atoms with Crippen LogP contribution in [0.4, 0.5) is 0 Å². The van der Waals surface area contributed by atoms with E-state index >= 15 is 0 Å². The fraction of sp³-hybridized carbons (Fsp3) is 0.476. The van der Waals surface area contributed by atoms with Gasteiger partial charge >= 0.3 is 0 Å². The van der Waals surface area contributed by atoms with Gasteiger partial charge in [-0.25, -0.2) is 10.4 Å². The number of aromatic nitrogens is 3. The number of pyridine rings is 1. The van der Waals surface area contributed by atoms with Gasteiger partial charge in [0, 0.05) is 24.8 Å². The number of aliphatic hydroxyl groups excluding tert-OH is 1. The summed E-state index contributed by atoms with van der Waals surface area (Å²) in [5.41, 5.74) is 5.96. The third-order valence-corrected chi connectivity index (χ3v) is 5.97. The largest absolute Gasteiger partial charge is 0.391 e. The predicted octanol–water partition coefficient (Wildman–Crippen LogP) is 2.19. The highest BCUT2D eigenvalue weighted by Gasteiger charge is 2.39. The van der Waals surface area contributed by atoms with Crippen molar-refractivity contribution in [1.82, 2.24) is 25.2 Å². The maximum absolute atomic E-state index is 9.78. The molecule has 3 fully saturated rings. The van der Waals surface area contributed by atoms with Gasteiger partial charge < -0.3 is 9.84 Å². The summed E-state index contributed by atoms with van der Waals surface area (Å²) >= 11 is 0. The van der Waals surface area contributed by atoms with Crippen LogP contribution >= 0.6 is 24.8 Å². The maximum atomic E-state index is 9.78. The maximum Gasteiger partial charge on any atom is 0.133 e. The van der Waals surface area contributed by atoms with Gasteiger partial charge in [0.25, 0.3) is 0 Å². The molecule has 0 aromatic carbocycles. The average molecular weight is 465 g/mol. The molecule has 4 aliphatic heterocycles. The molecular weight excluding hydrogens is 439 g/mol. The summed E-state index contributed by atoms with van der Waals surface area (Å²) < 4.78 is 7.96. The van der Waals surface area contributed by atoms with Crippen LogP contribution in [0.3, 0.4) is 0 Å². The molecule has 6 rings (SSSR count). The smallest absolute Gasteiger partial charge is 0.133 e. The Morgan fingerprint density at radius 1 is 1.35 bits per heavy atom. The first kappa shape index (κ1) is 23.7. The molecule has 0 aliphatic carbocycles. The van der Waals surface area contributed by atoms with Gasteiger partial charge in [-0.3, -0.25) is 9.67 Å². The normalized spacial score (nSPS) is 28.9. The molecule has 2 unspecified atom stereocenters. The van der Waals surface area contributed by atoms with Gasteiger partial charge in [-0.05, 0) is 37.5 Å². The van der Waals surface area contributed by atoms with Crippen LogP contribution in [0, 0.1) is 17.2 Å². The molecule has 3 saturated heterocycles. The van der Waals surface area contributed by atoms with Gasteiger partial charge in [0.05, 0.1) is 48.4 Å². The SMILES string of the molecule is C[C@H](O)COC1(c2ccc(C3CC4CN(C4)N3)nc2)C=Cc2c(C#N)cnn2C1.Cl.Cl. The highest BCUT2D eigenvalue weighted by atomic mass is 35.5. The fourth-order valence-corrected chi connectivity index (χ4v) is 4.38. The predicted molar refractivity (Wildman–Crippen MR) is 120 cm³/mol. The number of hydrazine groups is 1. The van der Waals surface area contributed by atoms with E-state index in [4.69, 9.17) is 9.72 Å². The fourth-order valence-electron chi connectivity index (χ4n) is 4.38. The standard InChI is InChI=1S/C21H24N6O2.2ClH/c1-14(28)12-29-21(5-4-20-16(7-22)8-24-27(20)13-21)17-2-3-18(23-9-17)19-6-15-10-26(11-15)25-19;;/h2-5,8-9,14-15,19,25,28H,6,10-13H2,1H3;2*1H/t14-,19?,21?;;/m0../s1. The summed E-state index contributed by atoms with van der Waals surface area (Å²) in [5.74, 6) is 0.761. The lowest BCUT2D eigenvalue weighted by molar-refractivity contribution is -0.0633. The van der Waals surface area contributed by atoms with Gasteiger partial charge in [0.15, 0.2) is 0 Å². The summed E-state index contributed by atoms with van der Waals surface area (Å²) in [6.07, 6.45) is 7.77. The molecule has 0 radical (unpaired) electrons. The summed E-state index contributed by atoms with van der Waals surface area (Å²) in [5, 5.41) is 25.6. The molecule has 2 aromatic rings. The first-order chi connectivity index (χ1) is 14.1. The summed E-state index contributed by atoms with van der Waals surface area (Å²) in [6, 6.07) is 6.52. The molecule has 6 heterocycles. The lowest BCUT2D eigenvalue weighted by Crippen LogP contribution is -2.60. The van der Waals surface area contributed by atoms with Crippen molar-refractivity contribution in [3.63, 3.8) is 0 Å². The Hall–Kier alpha value is -1.99. The van der Waals surface area contributed by atoms with E-state index in [9.17, 15) is 10.4 Å². The Morgan fingerprint density at radius 3 is 2.77 bits per heavy atom. The quantitative estimate of drug-likeness (QED) is 0.699. The molecule has 10 heteroatoms. The number of ether oxygens (including phenoxy) is 1. The molecule has 0 spiro atoms. The Bertz CT molecular complexity index is 971. The van der Waals surface area contributed by atoms with Crippen molar-refractivity contribution < 1.29 is 9.84 Å². The summed E-state index contributed by atoms with van der Waals surface area (Å²) in [7, 11) is 0.